The summed E-state index contributed by atoms with van der Waals surface area (Å²) >= 11 is 3.28. The van der Waals surface area contributed by atoms with E-state index in [1.54, 1.807) is 17.8 Å². The molecule has 0 amide bonds. The van der Waals surface area contributed by atoms with E-state index in [0.717, 1.165) is 30.3 Å². The van der Waals surface area contributed by atoms with Crippen LogP contribution < -0.4 is 16.6 Å². The van der Waals surface area contributed by atoms with Crippen molar-refractivity contribution in [2.75, 3.05) is 41.7 Å². The zero-order valence-electron chi connectivity index (χ0n) is 10.3. The van der Waals surface area contributed by atoms with Crippen molar-refractivity contribution in [1.29, 1.82) is 0 Å². The maximum absolute atomic E-state index is 8.65. The molecular formula is C10H19N5OS2. The Morgan fingerprint density at radius 1 is 1.33 bits per heavy atom. The van der Waals surface area contributed by atoms with Crippen molar-refractivity contribution in [2.45, 2.75) is 11.6 Å². The summed E-state index contributed by atoms with van der Waals surface area (Å²) in [7, 11) is 0. The SMILES string of the molecule is CSc1nc(NN)cc(NCCSCCCO)n1. The fourth-order valence-electron chi connectivity index (χ4n) is 1.20. The smallest absolute Gasteiger partial charge is 0.191 e. The van der Waals surface area contributed by atoms with E-state index in [-0.39, 0.29) is 6.61 Å². The minimum atomic E-state index is 0.259. The normalized spacial score (nSPS) is 10.4. The monoisotopic (exact) mass is 289 g/mol. The highest BCUT2D eigenvalue weighted by molar-refractivity contribution is 7.99. The van der Waals surface area contributed by atoms with Crippen LogP contribution in [0.4, 0.5) is 11.6 Å². The zero-order chi connectivity index (χ0) is 13.2. The molecule has 102 valence electrons. The molecule has 1 heterocycles. The summed E-state index contributed by atoms with van der Waals surface area (Å²) in [6.07, 6.45) is 2.76. The average molecular weight is 289 g/mol. The van der Waals surface area contributed by atoms with E-state index in [1.165, 1.54) is 11.8 Å². The van der Waals surface area contributed by atoms with Gasteiger partial charge in [0, 0.05) is 25.0 Å². The second-order valence-corrected chi connectivity index (χ2v) is 5.38. The summed E-state index contributed by atoms with van der Waals surface area (Å²) in [5.41, 5.74) is 2.52. The summed E-state index contributed by atoms with van der Waals surface area (Å²) in [5.74, 6) is 8.67. The maximum atomic E-state index is 8.65. The number of nitrogen functional groups attached to an aromatic ring is 1. The molecule has 1 aromatic rings. The Morgan fingerprint density at radius 3 is 2.78 bits per heavy atom. The molecule has 0 bridgehead atoms. The molecule has 1 aromatic heterocycles. The van der Waals surface area contributed by atoms with Crippen LogP contribution in [0.25, 0.3) is 0 Å². The van der Waals surface area contributed by atoms with Gasteiger partial charge in [-0.1, -0.05) is 11.8 Å². The second kappa shape index (κ2) is 9.26. The number of rotatable bonds is 9. The molecule has 0 fully saturated rings. The third kappa shape index (κ3) is 5.76. The van der Waals surface area contributed by atoms with Crippen LogP contribution in [0.15, 0.2) is 11.2 Å². The molecule has 0 atom stereocenters. The lowest BCUT2D eigenvalue weighted by molar-refractivity contribution is 0.296. The van der Waals surface area contributed by atoms with Gasteiger partial charge in [-0.25, -0.2) is 15.8 Å². The molecule has 1 rings (SSSR count). The quantitative estimate of drug-likeness (QED) is 0.176. The summed E-state index contributed by atoms with van der Waals surface area (Å²) < 4.78 is 0. The lowest BCUT2D eigenvalue weighted by Gasteiger charge is -2.08. The number of nitrogens with zero attached hydrogens (tertiary/aromatic N) is 2. The first-order valence-electron chi connectivity index (χ1n) is 5.62. The summed E-state index contributed by atoms with van der Waals surface area (Å²) in [4.78, 5) is 8.51. The topological polar surface area (TPSA) is 96.1 Å². The van der Waals surface area contributed by atoms with Crippen molar-refractivity contribution in [2.24, 2.45) is 5.84 Å². The molecule has 0 unspecified atom stereocenters. The maximum Gasteiger partial charge on any atom is 0.191 e. The van der Waals surface area contributed by atoms with Gasteiger partial charge in [0.15, 0.2) is 5.16 Å². The zero-order valence-corrected chi connectivity index (χ0v) is 12.0. The molecule has 0 saturated carbocycles. The van der Waals surface area contributed by atoms with E-state index < -0.39 is 0 Å². The van der Waals surface area contributed by atoms with E-state index in [1.807, 2.05) is 6.26 Å². The average Bonchev–Trinajstić information content (AvgIpc) is 2.42. The highest BCUT2D eigenvalue weighted by atomic mass is 32.2. The molecule has 0 saturated heterocycles. The number of nitrogens with one attached hydrogen (secondary N) is 2. The van der Waals surface area contributed by atoms with Crippen molar-refractivity contribution < 1.29 is 5.11 Å². The lowest BCUT2D eigenvalue weighted by Crippen LogP contribution is -2.12. The largest absolute Gasteiger partial charge is 0.396 e. The van der Waals surface area contributed by atoms with Crippen molar-refractivity contribution in [3.8, 4) is 0 Å². The van der Waals surface area contributed by atoms with Crippen LogP contribution in [-0.4, -0.2) is 46.0 Å². The Kier molecular flexibility index (Phi) is 7.90. The number of aromatic nitrogens is 2. The Labute approximate surface area is 116 Å². The predicted octanol–water partition coefficient (Wildman–Crippen LogP) is 1.01. The number of nitrogens with two attached hydrogens (primary N) is 1. The predicted molar refractivity (Wildman–Crippen MR) is 79.1 cm³/mol. The molecule has 0 radical (unpaired) electrons. The summed E-state index contributed by atoms with van der Waals surface area (Å²) in [6.45, 7) is 1.08. The van der Waals surface area contributed by atoms with Crippen molar-refractivity contribution in [3.05, 3.63) is 6.07 Å². The van der Waals surface area contributed by atoms with Gasteiger partial charge in [0.2, 0.25) is 0 Å². The van der Waals surface area contributed by atoms with Crippen molar-refractivity contribution in [3.63, 3.8) is 0 Å². The van der Waals surface area contributed by atoms with Crippen molar-refractivity contribution >= 4 is 35.2 Å². The Balaban J connectivity index is 2.36. The minimum Gasteiger partial charge on any atom is -0.396 e. The Bertz CT molecular complexity index is 331. The molecule has 0 aliphatic heterocycles. The van der Waals surface area contributed by atoms with Crippen LogP contribution in [0.5, 0.6) is 0 Å². The van der Waals surface area contributed by atoms with Crippen LogP contribution in [0.1, 0.15) is 6.42 Å². The molecule has 8 heteroatoms. The molecular weight excluding hydrogens is 270 g/mol. The standard InChI is InChI=1S/C10H19N5OS2/c1-17-10-13-8(7-9(14-10)15-11)12-3-6-18-5-2-4-16/h7,16H,2-6,11H2,1H3,(H2,12,13,14,15). The van der Waals surface area contributed by atoms with E-state index in [9.17, 15) is 0 Å². The van der Waals surface area contributed by atoms with Gasteiger partial charge in [-0.3, -0.25) is 0 Å². The highest BCUT2D eigenvalue weighted by Gasteiger charge is 2.02. The molecule has 6 nitrogen and oxygen atoms in total. The van der Waals surface area contributed by atoms with E-state index in [4.69, 9.17) is 10.9 Å². The fourth-order valence-corrected chi connectivity index (χ4v) is 2.36. The summed E-state index contributed by atoms with van der Waals surface area (Å²) in [6, 6.07) is 1.78. The Morgan fingerprint density at radius 2 is 2.11 bits per heavy atom. The van der Waals surface area contributed by atoms with Crippen molar-refractivity contribution in [1.82, 2.24) is 9.97 Å². The number of anilines is 2. The summed E-state index contributed by atoms with van der Waals surface area (Å²) in [5, 5.41) is 12.6. The van der Waals surface area contributed by atoms with Gasteiger partial charge in [-0.05, 0) is 18.4 Å². The van der Waals surface area contributed by atoms with Gasteiger partial charge in [0.25, 0.3) is 0 Å². The highest BCUT2D eigenvalue weighted by Crippen LogP contribution is 2.16. The Hall–Kier alpha value is -0.700. The first kappa shape index (κ1) is 15.4. The van der Waals surface area contributed by atoms with Crippen LogP contribution >= 0.6 is 23.5 Å². The van der Waals surface area contributed by atoms with Gasteiger partial charge in [0.1, 0.15) is 11.6 Å². The molecule has 5 N–H and O–H groups in total. The molecule has 18 heavy (non-hydrogen) atoms. The molecule has 0 aliphatic rings. The fraction of sp³-hybridized carbons (Fsp3) is 0.600. The molecule has 0 spiro atoms. The van der Waals surface area contributed by atoms with Crippen LogP contribution in [0.3, 0.4) is 0 Å². The van der Waals surface area contributed by atoms with Gasteiger partial charge < -0.3 is 15.8 Å². The third-order valence-corrected chi connectivity index (χ3v) is 3.65. The minimum absolute atomic E-state index is 0.259. The lowest BCUT2D eigenvalue weighted by atomic mass is 10.5. The van der Waals surface area contributed by atoms with Gasteiger partial charge >= 0.3 is 0 Å². The number of hydrogen-bond acceptors (Lipinski definition) is 8. The number of thioether (sulfide) groups is 2. The third-order valence-electron chi connectivity index (χ3n) is 2.04. The van der Waals surface area contributed by atoms with Gasteiger partial charge in [0.05, 0.1) is 0 Å². The first-order valence-corrected chi connectivity index (χ1v) is 8.00. The molecule has 0 aromatic carbocycles. The molecule has 0 aliphatic carbocycles. The van der Waals surface area contributed by atoms with Gasteiger partial charge in [-0.15, -0.1) is 0 Å². The van der Waals surface area contributed by atoms with E-state index in [0.29, 0.717) is 11.0 Å². The van der Waals surface area contributed by atoms with Crippen LogP contribution in [0.2, 0.25) is 0 Å². The van der Waals surface area contributed by atoms with E-state index in [2.05, 4.69) is 20.7 Å². The number of hydrazine groups is 1. The van der Waals surface area contributed by atoms with E-state index >= 15 is 0 Å². The number of aliphatic hydroxyl groups excluding tert-OH is 1. The number of hydrogen-bond donors (Lipinski definition) is 4. The first-order chi connectivity index (χ1) is 8.80. The van der Waals surface area contributed by atoms with Crippen LogP contribution in [0, 0.1) is 0 Å². The second-order valence-electron chi connectivity index (χ2n) is 3.39. The van der Waals surface area contributed by atoms with Crippen LogP contribution in [-0.2, 0) is 0 Å². The van der Waals surface area contributed by atoms with Gasteiger partial charge in [-0.2, -0.15) is 11.8 Å². The number of aliphatic hydroxyl groups is 1.